The molecule has 2 aromatic carbocycles. The molecule has 390 valence electrons. The van der Waals surface area contributed by atoms with Crippen molar-refractivity contribution in [2.45, 2.75) is 199 Å². The molecule has 0 amide bonds. The van der Waals surface area contributed by atoms with Crippen LogP contribution >= 0.6 is 0 Å². The number of rotatable bonds is 22. The van der Waals surface area contributed by atoms with Gasteiger partial charge in [0, 0.05) is 57.0 Å². The quantitative estimate of drug-likeness (QED) is 0.115. The zero-order valence-electron chi connectivity index (χ0n) is 40.7. The van der Waals surface area contributed by atoms with Crippen molar-refractivity contribution < 1.29 is 47.8 Å². The Morgan fingerprint density at radius 3 is 1.47 bits per heavy atom. The lowest BCUT2D eigenvalue weighted by Crippen LogP contribution is -2.31. The molecule has 6 aliphatic rings. The molecule has 10 nitrogen and oxygen atoms in total. The molecule has 8 rings (SSSR count). The first-order chi connectivity index (χ1) is 33.4. The number of allylic oxidation sites excluding steroid dienone is 2. The number of carbonyl (C=O) groups excluding carboxylic acids is 1. The van der Waals surface area contributed by atoms with E-state index in [1.807, 2.05) is 18.2 Å². The lowest BCUT2D eigenvalue weighted by atomic mass is 9.89. The average Bonchev–Trinajstić information content (AvgIpc) is 3.84. The van der Waals surface area contributed by atoms with Gasteiger partial charge in [-0.15, -0.1) is 13.2 Å². The van der Waals surface area contributed by atoms with E-state index < -0.39 is 6.10 Å². The number of ether oxygens (including phenoxy) is 8. The predicted octanol–water partition coefficient (Wildman–Crippen LogP) is 12.6. The second-order valence-electron chi connectivity index (χ2n) is 19.6. The number of carbonyl (C=O) groups is 1. The number of Topliss-reactive ketones (excluding diaryl/α,β-unsaturated/α-hetero) is 1. The third-order valence-electron chi connectivity index (χ3n) is 14.5. The standard InChI is InChI=1S/C29H42O5.C29H40O5.2CH4/c2*1-2-10-24-25(27(21-26(24)30)34-29-14-7-9-20-32-29)18-17-23(33-28-13-6-8-19-31-28)16-15-22-11-4-3-5-12-22;;/h2-5,11-12,17-18,23-30H,1,6-10,13-16,19-21H2;2-5,11-12,17-18,23-25,27-29H,1,6-10,13-16,19-21H2;2*1H4/b2*18-17+;;/t23-,24+,25+,26-,27+,28?,29?;23-,24+,25+,27+,28?,29?;;/m00../s1. The Morgan fingerprint density at radius 2 is 1.03 bits per heavy atom. The minimum absolute atomic E-state index is 0. The van der Waals surface area contributed by atoms with Crippen LogP contribution in [-0.4, -0.2) is 93.0 Å². The highest BCUT2D eigenvalue weighted by Crippen LogP contribution is 2.40. The molecule has 4 unspecified atom stereocenters. The topological polar surface area (TPSA) is 111 Å². The van der Waals surface area contributed by atoms with Crippen LogP contribution in [0, 0.1) is 23.7 Å². The largest absolute Gasteiger partial charge is 0.393 e. The Kier molecular flexibility index (Phi) is 26.3. The number of hydrogen-bond acceptors (Lipinski definition) is 10. The third-order valence-corrected chi connectivity index (χ3v) is 14.5. The van der Waals surface area contributed by atoms with E-state index in [9.17, 15) is 9.90 Å². The number of ketones is 1. The Labute approximate surface area is 422 Å². The van der Waals surface area contributed by atoms with Crippen molar-refractivity contribution in [3.05, 3.63) is 121 Å². The van der Waals surface area contributed by atoms with Gasteiger partial charge in [0.1, 0.15) is 5.78 Å². The van der Waals surface area contributed by atoms with Gasteiger partial charge >= 0.3 is 0 Å². The van der Waals surface area contributed by atoms with Crippen molar-refractivity contribution in [2.24, 2.45) is 23.7 Å². The van der Waals surface area contributed by atoms with Crippen LogP contribution in [0.1, 0.15) is 142 Å². The van der Waals surface area contributed by atoms with Gasteiger partial charge in [-0.1, -0.05) is 112 Å². The van der Waals surface area contributed by atoms with Crippen molar-refractivity contribution >= 4 is 5.78 Å². The summed E-state index contributed by atoms with van der Waals surface area (Å²) in [5, 5.41) is 10.8. The van der Waals surface area contributed by atoms with E-state index in [0.29, 0.717) is 19.3 Å². The summed E-state index contributed by atoms with van der Waals surface area (Å²) in [6.45, 7) is 10.8. The molecule has 2 aromatic rings. The van der Waals surface area contributed by atoms with Gasteiger partial charge in [0.2, 0.25) is 0 Å². The van der Waals surface area contributed by atoms with Crippen LogP contribution in [0.4, 0.5) is 0 Å². The fraction of sp³-hybridized carbons (Fsp3) is 0.650. The number of aryl methyl sites for hydroxylation is 2. The Morgan fingerprint density at radius 1 is 0.586 bits per heavy atom. The maximum absolute atomic E-state index is 12.8. The summed E-state index contributed by atoms with van der Waals surface area (Å²) in [7, 11) is 0. The molecule has 10 heteroatoms. The zero-order chi connectivity index (χ0) is 47.2. The first kappa shape index (κ1) is 57.6. The van der Waals surface area contributed by atoms with Crippen LogP contribution in [0.3, 0.4) is 0 Å². The van der Waals surface area contributed by atoms with Crippen LogP contribution in [0.15, 0.2) is 110 Å². The van der Waals surface area contributed by atoms with E-state index in [-0.39, 0.29) is 93.9 Å². The molecule has 4 aliphatic heterocycles. The summed E-state index contributed by atoms with van der Waals surface area (Å²) >= 11 is 0. The minimum Gasteiger partial charge on any atom is -0.393 e. The van der Waals surface area contributed by atoms with Crippen LogP contribution < -0.4 is 0 Å². The molecule has 4 saturated heterocycles. The fourth-order valence-electron chi connectivity index (χ4n) is 10.7. The van der Waals surface area contributed by atoms with Crippen LogP contribution in [0.2, 0.25) is 0 Å². The molecular formula is C60H90O10. The summed E-state index contributed by atoms with van der Waals surface area (Å²) < 4.78 is 48.9. The summed E-state index contributed by atoms with van der Waals surface area (Å²) in [6.07, 6.45) is 29.9. The van der Waals surface area contributed by atoms with Crippen LogP contribution in [0.5, 0.6) is 0 Å². The van der Waals surface area contributed by atoms with Gasteiger partial charge in [0.15, 0.2) is 25.2 Å². The Balaban J connectivity index is 0.000000254. The van der Waals surface area contributed by atoms with Crippen LogP contribution in [0.25, 0.3) is 0 Å². The van der Waals surface area contributed by atoms with E-state index in [2.05, 4.69) is 92.1 Å². The molecule has 2 aliphatic carbocycles. The first-order valence-electron chi connectivity index (χ1n) is 26.4. The maximum Gasteiger partial charge on any atom is 0.158 e. The number of hydrogen-bond donors (Lipinski definition) is 1. The van der Waals surface area contributed by atoms with Crippen molar-refractivity contribution in [1.82, 2.24) is 0 Å². The highest BCUT2D eigenvalue weighted by molar-refractivity contribution is 5.85. The van der Waals surface area contributed by atoms with Gasteiger partial charge in [0.05, 0.1) is 30.5 Å². The smallest absolute Gasteiger partial charge is 0.158 e. The van der Waals surface area contributed by atoms with Gasteiger partial charge in [0.25, 0.3) is 0 Å². The van der Waals surface area contributed by atoms with E-state index in [4.69, 9.17) is 37.9 Å². The molecule has 4 heterocycles. The summed E-state index contributed by atoms with van der Waals surface area (Å²) in [4.78, 5) is 12.8. The zero-order valence-corrected chi connectivity index (χ0v) is 40.7. The molecule has 0 radical (unpaired) electrons. The van der Waals surface area contributed by atoms with E-state index in [1.54, 1.807) is 0 Å². The molecule has 6 fully saturated rings. The molecule has 13 atom stereocenters. The number of aliphatic hydroxyl groups excluding tert-OH is 1. The maximum atomic E-state index is 12.8. The molecule has 2 saturated carbocycles. The van der Waals surface area contributed by atoms with Gasteiger partial charge in [-0.25, -0.2) is 0 Å². The van der Waals surface area contributed by atoms with Crippen molar-refractivity contribution in [2.75, 3.05) is 26.4 Å². The van der Waals surface area contributed by atoms with Gasteiger partial charge in [-0.3, -0.25) is 4.79 Å². The normalized spacial score (nSPS) is 31.2. The lowest BCUT2D eigenvalue weighted by molar-refractivity contribution is -0.193. The van der Waals surface area contributed by atoms with Gasteiger partial charge in [-0.2, -0.15) is 0 Å². The Bertz CT molecular complexity index is 1780. The molecule has 0 aromatic heterocycles. The SMILES string of the molecule is C.C.C=CC[C@@H]1[C@@H](/C=C/[C@H](CCc2ccccc2)OC2CCCCO2)[C@H](OC2CCCCO2)C[C@@H]1O.C=CC[C@H]1C(=O)C[C@@H](OC2CCCCO2)[C@@H]1/C=C/[C@H](CCc1ccccc1)OC1CCCCO1. The summed E-state index contributed by atoms with van der Waals surface area (Å²) in [5.41, 5.74) is 2.61. The summed E-state index contributed by atoms with van der Waals surface area (Å²) in [6, 6.07) is 21.0. The molecule has 0 bridgehead atoms. The van der Waals surface area contributed by atoms with Crippen molar-refractivity contribution in [1.29, 1.82) is 0 Å². The molecule has 1 N–H and O–H groups in total. The predicted molar refractivity (Wildman–Crippen MR) is 279 cm³/mol. The van der Waals surface area contributed by atoms with E-state index in [1.165, 1.54) is 11.1 Å². The van der Waals surface area contributed by atoms with E-state index in [0.717, 1.165) is 136 Å². The highest BCUT2D eigenvalue weighted by atomic mass is 16.7. The lowest BCUT2D eigenvalue weighted by Gasteiger charge is -2.30. The minimum atomic E-state index is -0.397. The van der Waals surface area contributed by atoms with Gasteiger partial charge in [-0.05, 0) is 133 Å². The van der Waals surface area contributed by atoms with Gasteiger partial charge < -0.3 is 43.0 Å². The van der Waals surface area contributed by atoms with Crippen LogP contribution in [-0.2, 0) is 55.5 Å². The van der Waals surface area contributed by atoms with Crippen molar-refractivity contribution in [3.8, 4) is 0 Å². The molecule has 0 spiro atoms. The third kappa shape index (κ3) is 18.6. The monoisotopic (exact) mass is 971 g/mol. The Hall–Kier alpha value is -3.29. The average molecular weight is 971 g/mol. The fourth-order valence-corrected chi connectivity index (χ4v) is 10.7. The second-order valence-corrected chi connectivity index (χ2v) is 19.6. The number of aliphatic hydroxyl groups is 1. The highest BCUT2D eigenvalue weighted by Gasteiger charge is 2.44. The second kappa shape index (κ2) is 32.0. The van der Waals surface area contributed by atoms with Crippen molar-refractivity contribution in [3.63, 3.8) is 0 Å². The molecular weight excluding hydrogens is 881 g/mol. The summed E-state index contributed by atoms with van der Waals surface area (Å²) in [5.74, 6) is 0.374. The van der Waals surface area contributed by atoms with E-state index >= 15 is 0 Å². The first-order valence-corrected chi connectivity index (χ1v) is 26.4. The molecule has 70 heavy (non-hydrogen) atoms. The number of benzene rings is 2.